The van der Waals surface area contributed by atoms with Crippen molar-refractivity contribution >= 4 is 31.8 Å². The highest BCUT2D eigenvalue weighted by atomic mass is 79.9. The van der Waals surface area contributed by atoms with Gasteiger partial charge in [-0.25, -0.2) is 18.4 Å². The summed E-state index contributed by atoms with van der Waals surface area (Å²) in [5, 5.41) is 1.32. The van der Waals surface area contributed by atoms with Crippen molar-refractivity contribution in [1.82, 2.24) is 14.8 Å². The Bertz CT molecular complexity index is 460. The Balaban J connectivity index is 3.21. The first-order chi connectivity index (χ1) is 6.83. The van der Waals surface area contributed by atoms with Gasteiger partial charge in [0.05, 0.1) is 0 Å². The quantitative estimate of drug-likeness (QED) is 0.777. The summed E-state index contributed by atoms with van der Waals surface area (Å²) >= 11 is 3.13. The molecule has 0 aliphatic heterocycles. The minimum atomic E-state index is -3.65. The van der Waals surface area contributed by atoms with Crippen LogP contribution in [0.5, 0.6) is 0 Å². The number of sulfonamides is 1. The van der Waals surface area contributed by atoms with Gasteiger partial charge in [0.15, 0.2) is 0 Å². The molecule has 0 spiro atoms. The van der Waals surface area contributed by atoms with E-state index < -0.39 is 10.0 Å². The van der Waals surface area contributed by atoms with Gasteiger partial charge in [-0.3, -0.25) is 0 Å². The molecule has 0 aromatic carbocycles. The van der Waals surface area contributed by atoms with Crippen molar-refractivity contribution in [3.8, 4) is 0 Å². The standard InChI is InChI=1S/C7H11BrN4O2S/c1-12(2)11-15(13,14)6-3-5(8)4-10-7(6)9/h3-4,11H,1-2H3,(H2,9,10). The van der Waals surface area contributed by atoms with E-state index in [0.717, 1.165) is 0 Å². The molecule has 84 valence electrons. The van der Waals surface area contributed by atoms with Gasteiger partial charge in [-0.2, -0.15) is 0 Å². The van der Waals surface area contributed by atoms with Crippen LogP contribution in [0.3, 0.4) is 0 Å². The summed E-state index contributed by atoms with van der Waals surface area (Å²) in [6, 6.07) is 1.40. The number of nitrogen functional groups attached to an aromatic ring is 1. The lowest BCUT2D eigenvalue weighted by molar-refractivity contribution is 0.364. The molecule has 0 amide bonds. The maximum absolute atomic E-state index is 11.7. The molecule has 0 aliphatic carbocycles. The lowest BCUT2D eigenvalue weighted by Gasteiger charge is -2.13. The number of pyridine rings is 1. The number of hydrogen-bond acceptors (Lipinski definition) is 5. The van der Waals surface area contributed by atoms with E-state index in [1.165, 1.54) is 17.3 Å². The van der Waals surface area contributed by atoms with Gasteiger partial charge in [0.2, 0.25) is 0 Å². The van der Waals surface area contributed by atoms with Crippen LogP contribution < -0.4 is 10.6 Å². The van der Waals surface area contributed by atoms with E-state index in [0.29, 0.717) is 4.47 Å². The highest BCUT2D eigenvalue weighted by Crippen LogP contribution is 2.20. The maximum atomic E-state index is 11.7. The van der Waals surface area contributed by atoms with E-state index in [9.17, 15) is 8.42 Å². The Labute approximate surface area is 96.6 Å². The molecular weight excluding hydrogens is 284 g/mol. The predicted molar refractivity (Wildman–Crippen MR) is 60.4 cm³/mol. The third-order valence-corrected chi connectivity index (χ3v) is 3.39. The van der Waals surface area contributed by atoms with E-state index in [1.807, 2.05) is 0 Å². The fourth-order valence-corrected chi connectivity index (χ4v) is 2.61. The third-order valence-electron chi connectivity index (χ3n) is 1.44. The van der Waals surface area contributed by atoms with Crippen molar-refractivity contribution in [3.05, 3.63) is 16.7 Å². The largest absolute Gasteiger partial charge is 0.383 e. The van der Waals surface area contributed by atoms with Crippen LogP contribution >= 0.6 is 15.9 Å². The van der Waals surface area contributed by atoms with Crippen LogP contribution in [0.25, 0.3) is 0 Å². The molecular formula is C7H11BrN4O2S. The second-order valence-electron chi connectivity index (χ2n) is 3.03. The third kappa shape index (κ3) is 3.13. The van der Waals surface area contributed by atoms with Crippen LogP contribution in [-0.2, 0) is 10.0 Å². The predicted octanol–water partition coefficient (Wildman–Crippen LogP) is 0.181. The minimum Gasteiger partial charge on any atom is -0.383 e. The molecule has 8 heteroatoms. The van der Waals surface area contributed by atoms with Crippen LogP contribution in [0, 0.1) is 0 Å². The van der Waals surface area contributed by atoms with Crippen LogP contribution in [0.15, 0.2) is 21.6 Å². The van der Waals surface area contributed by atoms with Gasteiger partial charge in [-0.05, 0) is 22.0 Å². The number of nitrogens with zero attached hydrogens (tertiary/aromatic N) is 2. The first kappa shape index (κ1) is 12.4. The Kier molecular flexibility index (Phi) is 3.66. The Morgan fingerprint density at radius 3 is 2.67 bits per heavy atom. The average Bonchev–Trinajstić information content (AvgIpc) is 2.06. The van der Waals surface area contributed by atoms with Gasteiger partial charge in [0.25, 0.3) is 10.0 Å². The van der Waals surface area contributed by atoms with Crippen LogP contribution in [0.2, 0.25) is 0 Å². The summed E-state index contributed by atoms with van der Waals surface area (Å²) < 4.78 is 24.0. The number of nitrogens with one attached hydrogen (secondary N) is 1. The average molecular weight is 295 g/mol. The second kappa shape index (κ2) is 4.44. The highest BCUT2D eigenvalue weighted by Gasteiger charge is 2.19. The van der Waals surface area contributed by atoms with Crippen LogP contribution in [-0.4, -0.2) is 32.5 Å². The lowest BCUT2D eigenvalue weighted by atomic mass is 10.5. The van der Waals surface area contributed by atoms with Crippen molar-refractivity contribution < 1.29 is 8.42 Å². The van der Waals surface area contributed by atoms with E-state index in [4.69, 9.17) is 5.73 Å². The van der Waals surface area contributed by atoms with Gasteiger partial charge in [-0.1, -0.05) is 0 Å². The van der Waals surface area contributed by atoms with E-state index in [2.05, 4.69) is 25.7 Å². The maximum Gasteiger partial charge on any atom is 0.257 e. The van der Waals surface area contributed by atoms with Crippen molar-refractivity contribution in [3.63, 3.8) is 0 Å². The smallest absolute Gasteiger partial charge is 0.257 e. The molecule has 15 heavy (non-hydrogen) atoms. The van der Waals surface area contributed by atoms with Gasteiger partial charge in [-0.15, -0.1) is 4.83 Å². The molecule has 1 rings (SSSR count). The van der Waals surface area contributed by atoms with E-state index in [-0.39, 0.29) is 10.7 Å². The van der Waals surface area contributed by atoms with Gasteiger partial charge in [0.1, 0.15) is 10.7 Å². The highest BCUT2D eigenvalue weighted by molar-refractivity contribution is 9.10. The fourth-order valence-electron chi connectivity index (χ4n) is 0.936. The topological polar surface area (TPSA) is 88.3 Å². The van der Waals surface area contributed by atoms with Crippen molar-refractivity contribution in [2.45, 2.75) is 4.90 Å². The molecule has 0 saturated heterocycles. The number of hydrogen-bond donors (Lipinski definition) is 2. The molecule has 0 bridgehead atoms. The summed E-state index contributed by atoms with van der Waals surface area (Å²) in [6.07, 6.45) is 1.43. The van der Waals surface area contributed by atoms with Gasteiger partial charge in [0, 0.05) is 24.8 Å². The summed E-state index contributed by atoms with van der Waals surface area (Å²) in [6.45, 7) is 0. The van der Waals surface area contributed by atoms with Crippen LogP contribution in [0.1, 0.15) is 0 Å². The number of nitrogens with two attached hydrogens (primary N) is 1. The first-order valence-electron chi connectivity index (χ1n) is 3.94. The number of anilines is 1. The zero-order valence-corrected chi connectivity index (χ0v) is 10.6. The summed E-state index contributed by atoms with van der Waals surface area (Å²) in [5.41, 5.74) is 5.48. The van der Waals surface area contributed by atoms with Crippen LogP contribution in [0.4, 0.5) is 5.82 Å². The Morgan fingerprint density at radius 2 is 2.13 bits per heavy atom. The molecule has 0 atom stereocenters. The summed E-state index contributed by atoms with van der Waals surface area (Å²) in [7, 11) is -0.517. The fraction of sp³-hybridized carbons (Fsp3) is 0.286. The lowest BCUT2D eigenvalue weighted by Crippen LogP contribution is -2.36. The molecule has 0 fully saturated rings. The number of hydrazine groups is 1. The van der Waals surface area contributed by atoms with Gasteiger partial charge < -0.3 is 5.73 Å². The van der Waals surface area contributed by atoms with E-state index in [1.54, 1.807) is 14.1 Å². The molecule has 0 unspecified atom stereocenters. The molecule has 0 aliphatic rings. The van der Waals surface area contributed by atoms with Crippen molar-refractivity contribution in [2.24, 2.45) is 0 Å². The SMILES string of the molecule is CN(C)NS(=O)(=O)c1cc(Br)cnc1N. The molecule has 0 saturated carbocycles. The number of rotatable bonds is 3. The number of aromatic nitrogens is 1. The minimum absolute atomic E-state index is 0.0347. The Morgan fingerprint density at radius 1 is 1.53 bits per heavy atom. The summed E-state index contributed by atoms with van der Waals surface area (Å²) in [5.74, 6) is -0.0347. The monoisotopic (exact) mass is 294 g/mol. The molecule has 1 aromatic heterocycles. The summed E-state index contributed by atoms with van der Waals surface area (Å²) in [4.78, 5) is 5.96. The molecule has 1 aromatic rings. The molecule has 3 N–H and O–H groups in total. The molecule has 1 heterocycles. The zero-order valence-electron chi connectivity index (χ0n) is 8.23. The second-order valence-corrected chi connectivity index (χ2v) is 5.57. The Hall–Kier alpha value is -0.700. The van der Waals surface area contributed by atoms with Crippen molar-refractivity contribution in [1.29, 1.82) is 0 Å². The van der Waals surface area contributed by atoms with E-state index >= 15 is 0 Å². The molecule has 0 radical (unpaired) electrons. The first-order valence-corrected chi connectivity index (χ1v) is 6.21. The van der Waals surface area contributed by atoms with Gasteiger partial charge >= 0.3 is 0 Å². The van der Waals surface area contributed by atoms with Crippen molar-refractivity contribution in [2.75, 3.05) is 19.8 Å². The normalized spacial score (nSPS) is 12.0. The zero-order chi connectivity index (χ0) is 11.6. The number of halogens is 1. The molecule has 6 nitrogen and oxygen atoms in total.